The number of ether oxygens (including phenoxy) is 1. The summed E-state index contributed by atoms with van der Waals surface area (Å²) >= 11 is 0. The largest absolute Gasteiger partial charge is 0.457 e. The minimum atomic E-state index is -0.482. The SMILES string of the molecule is NC(=O)c1ccc(Oc2ccc(C(=O)NCc3ccc(N4CCCC4)cc3)cc2)cc1. The fraction of sp³-hybridized carbons (Fsp3) is 0.200. The lowest BCUT2D eigenvalue weighted by atomic mass is 10.1. The topological polar surface area (TPSA) is 84.7 Å². The Labute approximate surface area is 181 Å². The van der Waals surface area contributed by atoms with Crippen molar-refractivity contribution in [1.82, 2.24) is 5.32 Å². The number of rotatable bonds is 7. The molecule has 1 aliphatic heterocycles. The van der Waals surface area contributed by atoms with Gasteiger partial charge in [-0.2, -0.15) is 0 Å². The van der Waals surface area contributed by atoms with Gasteiger partial charge in [0.05, 0.1) is 0 Å². The first-order valence-electron chi connectivity index (χ1n) is 10.4. The van der Waals surface area contributed by atoms with E-state index in [1.807, 2.05) is 0 Å². The molecule has 4 rings (SSSR count). The van der Waals surface area contributed by atoms with E-state index in [1.54, 1.807) is 48.5 Å². The summed E-state index contributed by atoms with van der Waals surface area (Å²) in [6.07, 6.45) is 2.51. The number of benzene rings is 3. The number of nitrogens with zero attached hydrogens (tertiary/aromatic N) is 1. The smallest absolute Gasteiger partial charge is 0.251 e. The molecule has 1 fully saturated rings. The van der Waals surface area contributed by atoms with Crippen LogP contribution in [0.3, 0.4) is 0 Å². The zero-order valence-corrected chi connectivity index (χ0v) is 17.2. The second-order valence-corrected chi connectivity index (χ2v) is 7.56. The third kappa shape index (κ3) is 5.22. The number of hydrogen-bond donors (Lipinski definition) is 2. The Morgan fingerprint density at radius 1 is 0.806 bits per heavy atom. The Morgan fingerprint density at radius 3 is 1.90 bits per heavy atom. The van der Waals surface area contributed by atoms with E-state index in [9.17, 15) is 9.59 Å². The van der Waals surface area contributed by atoms with Gasteiger partial charge in [-0.05, 0) is 79.1 Å². The van der Waals surface area contributed by atoms with Gasteiger partial charge in [0.1, 0.15) is 11.5 Å². The standard InChI is InChI=1S/C25H25N3O3/c26-24(29)19-5-11-22(12-6-19)31-23-13-7-20(8-14-23)25(30)27-17-18-3-9-21(10-4-18)28-15-1-2-16-28/h3-14H,1-2,15-17H2,(H2,26,29)(H,27,30). The first kappa shape index (κ1) is 20.5. The maximum atomic E-state index is 12.5. The molecule has 0 radical (unpaired) electrons. The maximum Gasteiger partial charge on any atom is 0.251 e. The molecule has 31 heavy (non-hydrogen) atoms. The monoisotopic (exact) mass is 415 g/mol. The van der Waals surface area contributed by atoms with Crippen LogP contribution >= 0.6 is 0 Å². The molecule has 0 unspecified atom stereocenters. The molecule has 1 saturated heterocycles. The number of nitrogens with two attached hydrogens (primary N) is 1. The molecule has 0 aliphatic carbocycles. The number of carbonyl (C=O) groups excluding carboxylic acids is 2. The van der Waals surface area contributed by atoms with Gasteiger partial charge in [-0.15, -0.1) is 0 Å². The third-order valence-corrected chi connectivity index (χ3v) is 5.35. The fourth-order valence-electron chi connectivity index (χ4n) is 3.58. The lowest BCUT2D eigenvalue weighted by Gasteiger charge is -2.17. The predicted molar refractivity (Wildman–Crippen MR) is 121 cm³/mol. The van der Waals surface area contributed by atoms with Crippen LogP contribution in [0.4, 0.5) is 5.69 Å². The van der Waals surface area contributed by atoms with Gasteiger partial charge in [-0.1, -0.05) is 12.1 Å². The van der Waals surface area contributed by atoms with Gasteiger partial charge in [0.25, 0.3) is 5.91 Å². The first-order chi connectivity index (χ1) is 15.1. The van der Waals surface area contributed by atoms with Crippen molar-refractivity contribution in [3.63, 3.8) is 0 Å². The summed E-state index contributed by atoms with van der Waals surface area (Å²) in [5.74, 6) is 0.561. The average molecular weight is 415 g/mol. The summed E-state index contributed by atoms with van der Waals surface area (Å²) in [5, 5.41) is 2.95. The Balaban J connectivity index is 1.30. The highest BCUT2D eigenvalue weighted by molar-refractivity contribution is 5.94. The van der Waals surface area contributed by atoms with E-state index in [4.69, 9.17) is 10.5 Å². The van der Waals surface area contributed by atoms with Gasteiger partial charge in [-0.25, -0.2) is 0 Å². The van der Waals surface area contributed by atoms with Crippen molar-refractivity contribution < 1.29 is 14.3 Å². The van der Waals surface area contributed by atoms with Crippen molar-refractivity contribution >= 4 is 17.5 Å². The highest BCUT2D eigenvalue weighted by atomic mass is 16.5. The Morgan fingerprint density at radius 2 is 1.35 bits per heavy atom. The Bertz CT molecular complexity index is 1040. The molecule has 158 valence electrons. The van der Waals surface area contributed by atoms with Crippen molar-refractivity contribution in [3.05, 3.63) is 89.5 Å². The second-order valence-electron chi connectivity index (χ2n) is 7.56. The van der Waals surface area contributed by atoms with Crippen LogP contribution in [0.25, 0.3) is 0 Å². The van der Waals surface area contributed by atoms with E-state index in [1.165, 1.54) is 18.5 Å². The van der Waals surface area contributed by atoms with Crippen LogP contribution in [-0.2, 0) is 6.54 Å². The summed E-state index contributed by atoms with van der Waals surface area (Å²) in [5.41, 5.74) is 8.53. The van der Waals surface area contributed by atoms with Gasteiger partial charge < -0.3 is 20.7 Å². The van der Waals surface area contributed by atoms with E-state index in [0.29, 0.717) is 29.2 Å². The van der Waals surface area contributed by atoms with Gasteiger partial charge in [-0.3, -0.25) is 9.59 Å². The van der Waals surface area contributed by atoms with E-state index < -0.39 is 5.91 Å². The number of primary amides is 1. The van der Waals surface area contributed by atoms with E-state index in [0.717, 1.165) is 18.7 Å². The van der Waals surface area contributed by atoms with Crippen molar-refractivity contribution in [2.24, 2.45) is 5.73 Å². The molecule has 0 aromatic heterocycles. The summed E-state index contributed by atoms with van der Waals surface area (Å²) in [4.78, 5) is 26.0. The minimum absolute atomic E-state index is 0.138. The molecule has 0 saturated carbocycles. The molecule has 1 aliphatic rings. The van der Waals surface area contributed by atoms with Crippen molar-refractivity contribution in [1.29, 1.82) is 0 Å². The molecule has 6 nitrogen and oxygen atoms in total. The van der Waals surface area contributed by atoms with Gasteiger partial charge in [0, 0.05) is 36.4 Å². The second kappa shape index (κ2) is 9.34. The third-order valence-electron chi connectivity index (χ3n) is 5.35. The average Bonchev–Trinajstić information content (AvgIpc) is 3.34. The zero-order chi connectivity index (χ0) is 21.6. The molecule has 0 bridgehead atoms. The van der Waals surface area contributed by atoms with Crippen molar-refractivity contribution in [2.45, 2.75) is 19.4 Å². The van der Waals surface area contributed by atoms with Gasteiger partial charge >= 0.3 is 0 Å². The summed E-state index contributed by atoms with van der Waals surface area (Å²) < 4.78 is 5.74. The molecule has 3 aromatic rings. The normalized spacial score (nSPS) is 13.1. The lowest BCUT2D eigenvalue weighted by Crippen LogP contribution is -2.22. The quantitative estimate of drug-likeness (QED) is 0.608. The van der Waals surface area contributed by atoms with E-state index in [-0.39, 0.29) is 5.91 Å². The summed E-state index contributed by atoms with van der Waals surface area (Å²) in [6.45, 7) is 2.71. The van der Waals surface area contributed by atoms with Crippen LogP contribution in [0.1, 0.15) is 39.1 Å². The highest BCUT2D eigenvalue weighted by Gasteiger charge is 2.12. The Kier molecular flexibility index (Phi) is 6.17. The van der Waals surface area contributed by atoms with E-state index >= 15 is 0 Å². The zero-order valence-electron chi connectivity index (χ0n) is 17.2. The van der Waals surface area contributed by atoms with Crippen LogP contribution < -0.4 is 20.7 Å². The number of carbonyl (C=O) groups is 2. The molecule has 0 atom stereocenters. The molecule has 2 amide bonds. The molecule has 3 aromatic carbocycles. The molecule has 1 heterocycles. The lowest BCUT2D eigenvalue weighted by molar-refractivity contribution is 0.0949. The summed E-state index contributed by atoms with van der Waals surface area (Å²) in [6, 6.07) is 21.9. The van der Waals surface area contributed by atoms with Crippen LogP contribution in [0, 0.1) is 0 Å². The minimum Gasteiger partial charge on any atom is -0.457 e. The molecular formula is C25H25N3O3. The summed E-state index contributed by atoms with van der Waals surface area (Å²) in [7, 11) is 0. The predicted octanol–water partition coefficient (Wildman–Crippen LogP) is 4.11. The van der Waals surface area contributed by atoms with Crippen LogP contribution in [0.15, 0.2) is 72.8 Å². The van der Waals surface area contributed by atoms with E-state index in [2.05, 4.69) is 34.5 Å². The van der Waals surface area contributed by atoms with Crippen LogP contribution in [-0.4, -0.2) is 24.9 Å². The fourth-order valence-corrected chi connectivity index (χ4v) is 3.58. The number of hydrogen-bond acceptors (Lipinski definition) is 4. The van der Waals surface area contributed by atoms with Gasteiger partial charge in [0.2, 0.25) is 5.91 Å². The maximum absolute atomic E-state index is 12.5. The number of anilines is 1. The first-order valence-corrected chi connectivity index (χ1v) is 10.4. The van der Waals surface area contributed by atoms with Crippen LogP contribution in [0.5, 0.6) is 11.5 Å². The Hall–Kier alpha value is -3.80. The molecule has 3 N–H and O–H groups in total. The highest BCUT2D eigenvalue weighted by Crippen LogP contribution is 2.23. The number of amides is 2. The molecule has 0 spiro atoms. The van der Waals surface area contributed by atoms with Crippen LogP contribution in [0.2, 0.25) is 0 Å². The van der Waals surface area contributed by atoms with Crippen molar-refractivity contribution in [2.75, 3.05) is 18.0 Å². The number of nitrogens with one attached hydrogen (secondary N) is 1. The van der Waals surface area contributed by atoms with Crippen molar-refractivity contribution in [3.8, 4) is 11.5 Å². The molecular weight excluding hydrogens is 390 g/mol. The van der Waals surface area contributed by atoms with Gasteiger partial charge in [0.15, 0.2) is 0 Å². The molecule has 6 heteroatoms.